The molecule has 0 bridgehead atoms. The van der Waals surface area contributed by atoms with Crippen LogP contribution in [-0.4, -0.2) is 37.0 Å². The molecule has 2 N–H and O–H groups in total. The first kappa shape index (κ1) is 19.0. The standard InChI is InChI=1S/C18H29N3O2/c1-13(2)16-8-6-15(7-9-16)12-21(5)18(23)20-11-10-19-17(22)14(3)4/h6-9,13-14H,10-12H2,1-5H3,(H,19,22)(H,20,23). The Kier molecular flexibility index (Phi) is 7.59. The summed E-state index contributed by atoms with van der Waals surface area (Å²) in [5.41, 5.74) is 2.39. The van der Waals surface area contributed by atoms with E-state index in [9.17, 15) is 9.59 Å². The van der Waals surface area contributed by atoms with Gasteiger partial charge in [0, 0.05) is 32.6 Å². The number of carbonyl (C=O) groups excluding carboxylic acids is 2. The van der Waals surface area contributed by atoms with Crippen molar-refractivity contribution in [2.24, 2.45) is 5.92 Å². The summed E-state index contributed by atoms with van der Waals surface area (Å²) in [6.07, 6.45) is 0. The van der Waals surface area contributed by atoms with Gasteiger partial charge in [-0.05, 0) is 17.0 Å². The number of nitrogens with zero attached hydrogens (tertiary/aromatic N) is 1. The van der Waals surface area contributed by atoms with Crippen molar-refractivity contribution in [1.29, 1.82) is 0 Å². The highest BCUT2D eigenvalue weighted by Crippen LogP contribution is 2.15. The smallest absolute Gasteiger partial charge is 0.317 e. The summed E-state index contributed by atoms with van der Waals surface area (Å²) in [7, 11) is 1.76. The van der Waals surface area contributed by atoms with Crippen molar-refractivity contribution in [3.05, 3.63) is 35.4 Å². The highest BCUT2D eigenvalue weighted by atomic mass is 16.2. The first-order chi connectivity index (χ1) is 10.8. The van der Waals surface area contributed by atoms with Gasteiger partial charge < -0.3 is 15.5 Å². The number of amides is 3. The Morgan fingerprint density at radius 1 is 1.00 bits per heavy atom. The molecule has 1 aromatic rings. The van der Waals surface area contributed by atoms with E-state index in [1.807, 2.05) is 13.8 Å². The molecule has 0 saturated carbocycles. The van der Waals surface area contributed by atoms with Gasteiger partial charge in [-0.15, -0.1) is 0 Å². The minimum absolute atomic E-state index is 0.00199. The zero-order valence-corrected chi connectivity index (χ0v) is 14.8. The third-order valence-electron chi connectivity index (χ3n) is 3.64. The van der Waals surface area contributed by atoms with Crippen LogP contribution in [0.4, 0.5) is 4.79 Å². The summed E-state index contributed by atoms with van der Waals surface area (Å²) < 4.78 is 0. The van der Waals surface area contributed by atoms with E-state index < -0.39 is 0 Å². The van der Waals surface area contributed by atoms with Gasteiger partial charge in [0.15, 0.2) is 0 Å². The predicted molar refractivity (Wildman–Crippen MR) is 93.2 cm³/mol. The van der Waals surface area contributed by atoms with E-state index in [-0.39, 0.29) is 17.9 Å². The Bertz CT molecular complexity index is 510. The second-order valence-electron chi connectivity index (χ2n) is 6.43. The van der Waals surface area contributed by atoms with Crippen molar-refractivity contribution in [3.63, 3.8) is 0 Å². The molecule has 0 unspecified atom stereocenters. The minimum Gasteiger partial charge on any atom is -0.354 e. The maximum Gasteiger partial charge on any atom is 0.317 e. The summed E-state index contributed by atoms with van der Waals surface area (Å²) in [6, 6.07) is 8.18. The van der Waals surface area contributed by atoms with Gasteiger partial charge in [0.25, 0.3) is 0 Å². The zero-order valence-electron chi connectivity index (χ0n) is 14.8. The van der Waals surface area contributed by atoms with Crippen LogP contribution in [0.5, 0.6) is 0 Å². The summed E-state index contributed by atoms with van der Waals surface area (Å²) in [5, 5.41) is 5.57. The van der Waals surface area contributed by atoms with Crippen LogP contribution in [0.25, 0.3) is 0 Å². The molecule has 23 heavy (non-hydrogen) atoms. The van der Waals surface area contributed by atoms with Crippen LogP contribution in [-0.2, 0) is 11.3 Å². The summed E-state index contributed by atoms with van der Waals surface area (Å²) in [5.74, 6) is 0.464. The monoisotopic (exact) mass is 319 g/mol. The van der Waals surface area contributed by atoms with E-state index in [1.54, 1.807) is 11.9 Å². The molecule has 0 spiro atoms. The Morgan fingerprint density at radius 3 is 2.09 bits per heavy atom. The highest BCUT2D eigenvalue weighted by molar-refractivity contribution is 5.78. The first-order valence-corrected chi connectivity index (χ1v) is 8.16. The summed E-state index contributed by atoms with van der Waals surface area (Å²) >= 11 is 0. The quantitative estimate of drug-likeness (QED) is 0.759. The Hall–Kier alpha value is -2.04. The lowest BCUT2D eigenvalue weighted by Gasteiger charge is -2.18. The van der Waals surface area contributed by atoms with Crippen molar-refractivity contribution in [2.75, 3.05) is 20.1 Å². The normalized spacial score (nSPS) is 10.7. The number of nitrogens with one attached hydrogen (secondary N) is 2. The SMILES string of the molecule is CC(C)C(=O)NCCNC(=O)N(C)Cc1ccc(C(C)C)cc1. The van der Waals surface area contributed by atoms with Crippen molar-refractivity contribution < 1.29 is 9.59 Å². The number of benzene rings is 1. The van der Waals surface area contributed by atoms with Crippen LogP contribution in [0, 0.1) is 5.92 Å². The topological polar surface area (TPSA) is 61.4 Å². The predicted octanol–water partition coefficient (Wildman–Crippen LogP) is 2.72. The zero-order chi connectivity index (χ0) is 17.4. The third kappa shape index (κ3) is 6.72. The molecule has 0 aliphatic carbocycles. The van der Waals surface area contributed by atoms with Gasteiger partial charge in [0.05, 0.1) is 0 Å². The Labute approximate surface area is 139 Å². The molecule has 0 atom stereocenters. The van der Waals surface area contributed by atoms with Crippen molar-refractivity contribution in [1.82, 2.24) is 15.5 Å². The van der Waals surface area contributed by atoms with Gasteiger partial charge >= 0.3 is 6.03 Å². The lowest BCUT2D eigenvalue weighted by Crippen LogP contribution is -2.41. The molecule has 0 radical (unpaired) electrons. The second kappa shape index (κ2) is 9.18. The van der Waals surface area contributed by atoms with E-state index in [1.165, 1.54) is 5.56 Å². The average Bonchev–Trinajstić information content (AvgIpc) is 2.51. The van der Waals surface area contributed by atoms with Gasteiger partial charge in [-0.2, -0.15) is 0 Å². The second-order valence-corrected chi connectivity index (χ2v) is 6.43. The van der Waals surface area contributed by atoms with E-state index >= 15 is 0 Å². The van der Waals surface area contributed by atoms with Gasteiger partial charge in [-0.25, -0.2) is 4.79 Å². The number of hydrogen-bond donors (Lipinski definition) is 2. The molecule has 128 valence electrons. The molecule has 3 amide bonds. The Morgan fingerprint density at radius 2 is 1.57 bits per heavy atom. The van der Waals surface area contributed by atoms with Gasteiger partial charge in [0.2, 0.25) is 5.91 Å². The molecule has 5 nitrogen and oxygen atoms in total. The fourth-order valence-corrected chi connectivity index (χ4v) is 2.05. The fraction of sp³-hybridized carbons (Fsp3) is 0.556. The molecule has 5 heteroatoms. The molecular weight excluding hydrogens is 290 g/mol. The number of hydrogen-bond acceptors (Lipinski definition) is 2. The van der Waals surface area contributed by atoms with Crippen LogP contribution in [0.15, 0.2) is 24.3 Å². The highest BCUT2D eigenvalue weighted by Gasteiger charge is 2.10. The van der Waals surface area contributed by atoms with E-state index in [2.05, 4.69) is 48.7 Å². The molecule has 0 saturated heterocycles. The molecule has 0 heterocycles. The van der Waals surface area contributed by atoms with Gasteiger partial charge in [-0.3, -0.25) is 4.79 Å². The third-order valence-corrected chi connectivity index (χ3v) is 3.64. The maximum absolute atomic E-state index is 12.0. The van der Waals surface area contributed by atoms with Crippen LogP contribution >= 0.6 is 0 Å². The van der Waals surface area contributed by atoms with Crippen molar-refractivity contribution in [3.8, 4) is 0 Å². The van der Waals surface area contributed by atoms with E-state index in [0.29, 0.717) is 25.6 Å². The number of rotatable bonds is 7. The molecule has 0 fully saturated rings. The van der Waals surface area contributed by atoms with E-state index in [4.69, 9.17) is 0 Å². The van der Waals surface area contributed by atoms with Crippen molar-refractivity contribution >= 4 is 11.9 Å². The van der Waals surface area contributed by atoms with Crippen LogP contribution < -0.4 is 10.6 Å². The first-order valence-electron chi connectivity index (χ1n) is 8.16. The lowest BCUT2D eigenvalue weighted by atomic mass is 10.0. The fourth-order valence-electron chi connectivity index (χ4n) is 2.05. The number of urea groups is 1. The van der Waals surface area contributed by atoms with Crippen LogP contribution in [0.2, 0.25) is 0 Å². The van der Waals surface area contributed by atoms with Crippen LogP contribution in [0.1, 0.15) is 44.7 Å². The van der Waals surface area contributed by atoms with Gasteiger partial charge in [-0.1, -0.05) is 52.0 Å². The molecule has 0 aromatic heterocycles. The average molecular weight is 319 g/mol. The van der Waals surface area contributed by atoms with E-state index in [0.717, 1.165) is 5.56 Å². The van der Waals surface area contributed by atoms with Crippen LogP contribution in [0.3, 0.4) is 0 Å². The summed E-state index contributed by atoms with van der Waals surface area (Å²) in [6.45, 7) is 9.42. The number of carbonyl (C=O) groups is 2. The molecule has 0 aliphatic rings. The summed E-state index contributed by atoms with van der Waals surface area (Å²) in [4.78, 5) is 25.0. The Balaban J connectivity index is 2.35. The van der Waals surface area contributed by atoms with Crippen molar-refractivity contribution in [2.45, 2.75) is 40.2 Å². The molecular formula is C18H29N3O2. The largest absolute Gasteiger partial charge is 0.354 e. The van der Waals surface area contributed by atoms with Gasteiger partial charge in [0.1, 0.15) is 0 Å². The minimum atomic E-state index is -0.142. The molecule has 1 aromatic carbocycles. The lowest BCUT2D eigenvalue weighted by molar-refractivity contribution is -0.123. The molecule has 1 rings (SSSR count). The molecule has 0 aliphatic heterocycles. The maximum atomic E-state index is 12.0.